The highest BCUT2D eigenvalue weighted by Crippen LogP contribution is 2.39. The van der Waals surface area contributed by atoms with Crippen LogP contribution in [0.25, 0.3) is 11.1 Å². The van der Waals surface area contributed by atoms with E-state index in [0.29, 0.717) is 0 Å². The van der Waals surface area contributed by atoms with Crippen molar-refractivity contribution in [2.45, 2.75) is 0 Å². The summed E-state index contributed by atoms with van der Waals surface area (Å²) in [5.41, 5.74) is 8.62. The van der Waals surface area contributed by atoms with Gasteiger partial charge in [0.05, 0.1) is 0 Å². The normalized spacial score (nSPS) is 13.6. The highest BCUT2D eigenvalue weighted by molar-refractivity contribution is 6.20. The summed E-state index contributed by atoms with van der Waals surface area (Å²) in [5, 5.41) is 0. The maximum absolute atomic E-state index is 13.0. The minimum Gasteiger partial charge on any atom is -0.289 e. The highest BCUT2D eigenvalue weighted by atomic mass is 16.1. The van der Waals surface area contributed by atoms with E-state index in [9.17, 15) is 9.59 Å². The molecule has 150 valence electrons. The molecule has 0 unspecified atom stereocenters. The molecule has 4 aromatic rings. The van der Waals surface area contributed by atoms with Crippen molar-refractivity contribution >= 4 is 22.7 Å². The second-order valence-corrected chi connectivity index (χ2v) is 8.00. The highest BCUT2D eigenvalue weighted by Gasteiger charge is 2.28. The Balaban J connectivity index is 1.61. The lowest BCUT2D eigenvalue weighted by atomic mass is 9.79. The Bertz CT molecular complexity index is 1280. The number of ketones is 2. The van der Waals surface area contributed by atoms with Crippen LogP contribution in [0.1, 0.15) is 54.1 Å². The van der Waals surface area contributed by atoms with Gasteiger partial charge in [-0.3, -0.25) is 9.59 Å². The van der Waals surface area contributed by atoms with Crippen LogP contribution in [0.2, 0.25) is 0 Å². The van der Waals surface area contributed by atoms with Crippen molar-refractivity contribution in [1.29, 1.82) is 0 Å². The van der Waals surface area contributed by atoms with Crippen LogP contribution in [0.15, 0.2) is 109 Å². The molecule has 0 atom stereocenters. The molecule has 2 aliphatic rings. The van der Waals surface area contributed by atoms with E-state index in [-0.39, 0.29) is 11.6 Å². The zero-order valence-corrected chi connectivity index (χ0v) is 17.2. The molecule has 2 nitrogen and oxygen atoms in total. The first-order chi connectivity index (χ1) is 15.7. The molecule has 0 radical (unpaired) electrons. The van der Waals surface area contributed by atoms with Crippen molar-refractivity contribution in [1.82, 2.24) is 0 Å². The van der Waals surface area contributed by atoms with Gasteiger partial charge in [0.1, 0.15) is 0 Å². The fourth-order valence-corrected chi connectivity index (χ4v) is 4.77. The first-order valence-corrected chi connectivity index (χ1v) is 10.6. The zero-order valence-electron chi connectivity index (χ0n) is 17.2. The molecular weight excluding hydrogens is 392 g/mol. The zero-order chi connectivity index (χ0) is 21.7. The van der Waals surface area contributed by atoms with E-state index in [4.69, 9.17) is 0 Å². The van der Waals surface area contributed by atoms with Crippen LogP contribution in [0.4, 0.5) is 0 Å². The molecule has 0 amide bonds. The van der Waals surface area contributed by atoms with Crippen LogP contribution in [0, 0.1) is 0 Å². The van der Waals surface area contributed by atoms with Crippen molar-refractivity contribution in [2.75, 3.05) is 0 Å². The second kappa shape index (κ2) is 7.14. The van der Waals surface area contributed by atoms with Gasteiger partial charge in [-0.2, -0.15) is 0 Å². The van der Waals surface area contributed by atoms with Gasteiger partial charge in [0.2, 0.25) is 0 Å². The van der Waals surface area contributed by atoms with E-state index in [1.165, 1.54) is 0 Å². The van der Waals surface area contributed by atoms with E-state index in [1.54, 1.807) is 0 Å². The van der Waals surface area contributed by atoms with Crippen LogP contribution in [-0.2, 0) is 0 Å². The Kier molecular flexibility index (Phi) is 4.12. The summed E-state index contributed by atoms with van der Waals surface area (Å²) in [5.74, 6) is 0.111. The summed E-state index contributed by atoms with van der Waals surface area (Å²) in [6.45, 7) is 0. The number of fused-ring (bicyclic) bond motifs is 4. The summed E-state index contributed by atoms with van der Waals surface area (Å²) in [6, 6.07) is 31.0. The van der Waals surface area contributed by atoms with Crippen LogP contribution in [0.3, 0.4) is 0 Å². The van der Waals surface area contributed by atoms with Gasteiger partial charge in [-0.25, -0.2) is 0 Å². The molecule has 0 aromatic heterocycles. The lowest BCUT2D eigenvalue weighted by Crippen LogP contribution is -2.15. The summed E-state index contributed by atoms with van der Waals surface area (Å²) >= 11 is 0. The SMILES string of the molecule is O=C1c2ccccc2C(=CC=C2c3ccccc3C(=O)c3ccccc32)c2ccccc21. The monoisotopic (exact) mass is 410 g/mol. The van der Waals surface area contributed by atoms with Gasteiger partial charge in [0, 0.05) is 22.3 Å². The van der Waals surface area contributed by atoms with E-state index in [0.717, 1.165) is 55.7 Å². The quantitative estimate of drug-likeness (QED) is 0.317. The number of rotatable bonds is 1. The van der Waals surface area contributed by atoms with E-state index in [2.05, 4.69) is 12.2 Å². The minimum absolute atomic E-state index is 0.0555. The molecule has 0 fully saturated rings. The topological polar surface area (TPSA) is 34.1 Å². The van der Waals surface area contributed by atoms with Crippen molar-refractivity contribution in [3.8, 4) is 0 Å². The number of carbonyl (C=O) groups excluding carboxylic acids is 2. The smallest absolute Gasteiger partial charge is 0.194 e. The van der Waals surface area contributed by atoms with Gasteiger partial charge in [0.15, 0.2) is 11.6 Å². The Morgan fingerprint density at radius 3 is 0.812 bits per heavy atom. The molecule has 4 aromatic carbocycles. The van der Waals surface area contributed by atoms with E-state index in [1.807, 2.05) is 97.1 Å². The van der Waals surface area contributed by atoms with E-state index < -0.39 is 0 Å². The van der Waals surface area contributed by atoms with Crippen LogP contribution >= 0.6 is 0 Å². The number of allylic oxidation sites excluding steroid dienone is 2. The number of carbonyl (C=O) groups is 2. The second-order valence-electron chi connectivity index (χ2n) is 8.00. The predicted molar refractivity (Wildman–Crippen MR) is 127 cm³/mol. The Labute approximate surface area is 186 Å². The third-order valence-corrected chi connectivity index (χ3v) is 6.26. The summed E-state index contributed by atoms with van der Waals surface area (Å²) < 4.78 is 0. The Morgan fingerprint density at radius 1 is 0.344 bits per heavy atom. The largest absolute Gasteiger partial charge is 0.289 e. The van der Waals surface area contributed by atoms with Gasteiger partial charge >= 0.3 is 0 Å². The fraction of sp³-hybridized carbons (Fsp3) is 0. The standard InChI is InChI=1S/C30H18O2/c31-29-25-13-5-1-9-19(25)23(20-10-2-6-14-26(20)29)17-18-24-21-11-3-7-15-27(21)30(32)28-16-8-4-12-22(24)28/h1-18H. The molecular formula is C30H18O2. The molecule has 2 heteroatoms. The average Bonchev–Trinajstić information content (AvgIpc) is 2.86. The maximum atomic E-state index is 13.0. The van der Waals surface area contributed by atoms with Crippen LogP contribution in [0.5, 0.6) is 0 Å². The lowest BCUT2D eigenvalue weighted by Gasteiger charge is -2.23. The molecule has 0 saturated carbocycles. The molecule has 32 heavy (non-hydrogen) atoms. The predicted octanol–water partition coefficient (Wildman–Crippen LogP) is 6.34. The number of benzene rings is 4. The van der Waals surface area contributed by atoms with Gasteiger partial charge < -0.3 is 0 Å². The first kappa shape index (κ1) is 18.5. The number of hydrogen-bond donors (Lipinski definition) is 0. The molecule has 0 aliphatic heterocycles. The third kappa shape index (κ3) is 2.67. The summed E-state index contributed by atoms with van der Waals surface area (Å²) in [4.78, 5) is 26.1. The number of hydrogen-bond acceptors (Lipinski definition) is 2. The summed E-state index contributed by atoms with van der Waals surface area (Å²) in [7, 11) is 0. The molecule has 0 heterocycles. The fourth-order valence-electron chi connectivity index (χ4n) is 4.77. The molecule has 0 saturated heterocycles. The average molecular weight is 410 g/mol. The van der Waals surface area contributed by atoms with Gasteiger partial charge in [-0.1, -0.05) is 109 Å². The molecule has 0 spiro atoms. The summed E-state index contributed by atoms with van der Waals surface area (Å²) in [6.07, 6.45) is 4.17. The van der Waals surface area contributed by atoms with Crippen molar-refractivity contribution in [3.05, 3.63) is 154 Å². The van der Waals surface area contributed by atoms with Gasteiger partial charge in [-0.05, 0) is 33.4 Å². The van der Waals surface area contributed by atoms with Crippen LogP contribution in [-0.4, -0.2) is 11.6 Å². The van der Waals surface area contributed by atoms with Crippen molar-refractivity contribution in [3.63, 3.8) is 0 Å². The molecule has 2 aliphatic carbocycles. The van der Waals surface area contributed by atoms with Crippen LogP contribution < -0.4 is 0 Å². The molecule has 0 N–H and O–H groups in total. The van der Waals surface area contributed by atoms with Gasteiger partial charge in [-0.15, -0.1) is 0 Å². The minimum atomic E-state index is 0.0555. The van der Waals surface area contributed by atoms with Gasteiger partial charge in [0.25, 0.3) is 0 Å². The van der Waals surface area contributed by atoms with E-state index >= 15 is 0 Å². The molecule has 0 bridgehead atoms. The first-order valence-electron chi connectivity index (χ1n) is 10.6. The molecule has 6 rings (SSSR count). The van der Waals surface area contributed by atoms with Crippen molar-refractivity contribution in [2.24, 2.45) is 0 Å². The third-order valence-electron chi connectivity index (χ3n) is 6.26. The Hall–Kier alpha value is -4.30. The maximum Gasteiger partial charge on any atom is 0.194 e. The Morgan fingerprint density at radius 2 is 0.562 bits per heavy atom. The van der Waals surface area contributed by atoms with Crippen molar-refractivity contribution < 1.29 is 9.59 Å². The lowest BCUT2D eigenvalue weighted by molar-refractivity contribution is 0.102.